The lowest BCUT2D eigenvalue weighted by Gasteiger charge is -2.35. The maximum atomic E-state index is 6.11. The third-order valence-corrected chi connectivity index (χ3v) is 4.27. The SMILES string of the molecule is CCC1CCC(CN)C(Oc2ccc(Cl)cc2)C1. The summed E-state index contributed by atoms with van der Waals surface area (Å²) in [4.78, 5) is 0. The van der Waals surface area contributed by atoms with E-state index in [1.54, 1.807) is 0 Å². The molecule has 1 aliphatic rings. The quantitative estimate of drug-likeness (QED) is 0.899. The molecule has 3 unspecified atom stereocenters. The topological polar surface area (TPSA) is 35.2 Å². The van der Waals surface area contributed by atoms with Gasteiger partial charge in [0.05, 0.1) is 0 Å². The van der Waals surface area contributed by atoms with Gasteiger partial charge in [-0.25, -0.2) is 0 Å². The molecule has 0 heterocycles. The molecule has 18 heavy (non-hydrogen) atoms. The molecule has 0 amide bonds. The standard InChI is InChI=1S/C15H22ClNO/c1-2-11-3-4-12(10-17)15(9-11)18-14-7-5-13(16)6-8-14/h5-8,11-12,15H,2-4,9-10,17H2,1H3. The lowest BCUT2D eigenvalue weighted by molar-refractivity contribution is 0.0684. The zero-order valence-electron chi connectivity index (χ0n) is 10.9. The molecule has 0 saturated heterocycles. The Morgan fingerprint density at radius 3 is 2.61 bits per heavy atom. The van der Waals surface area contributed by atoms with Crippen molar-refractivity contribution >= 4 is 11.6 Å². The third kappa shape index (κ3) is 3.39. The summed E-state index contributed by atoms with van der Waals surface area (Å²) in [6.45, 7) is 2.97. The number of halogens is 1. The minimum Gasteiger partial charge on any atom is -0.490 e. The van der Waals surface area contributed by atoms with Gasteiger partial charge in [0, 0.05) is 10.9 Å². The van der Waals surface area contributed by atoms with Gasteiger partial charge in [0.25, 0.3) is 0 Å². The van der Waals surface area contributed by atoms with E-state index in [9.17, 15) is 0 Å². The fraction of sp³-hybridized carbons (Fsp3) is 0.600. The molecule has 1 aliphatic carbocycles. The molecule has 3 atom stereocenters. The Hall–Kier alpha value is -0.730. The van der Waals surface area contributed by atoms with Crippen molar-refractivity contribution in [1.29, 1.82) is 0 Å². The van der Waals surface area contributed by atoms with Crippen LogP contribution in [0.1, 0.15) is 32.6 Å². The molecule has 2 nitrogen and oxygen atoms in total. The van der Waals surface area contributed by atoms with E-state index >= 15 is 0 Å². The van der Waals surface area contributed by atoms with Crippen LogP contribution in [0, 0.1) is 11.8 Å². The van der Waals surface area contributed by atoms with E-state index in [2.05, 4.69) is 6.92 Å². The summed E-state index contributed by atoms with van der Waals surface area (Å²) in [5.41, 5.74) is 5.86. The van der Waals surface area contributed by atoms with Crippen LogP contribution in [-0.4, -0.2) is 12.6 Å². The Balaban J connectivity index is 2.02. The minimum absolute atomic E-state index is 0.259. The van der Waals surface area contributed by atoms with E-state index in [-0.39, 0.29) is 6.10 Å². The Bertz CT molecular complexity index is 365. The van der Waals surface area contributed by atoms with Crippen LogP contribution in [0.3, 0.4) is 0 Å². The predicted molar refractivity (Wildman–Crippen MR) is 76.0 cm³/mol. The van der Waals surface area contributed by atoms with E-state index in [1.165, 1.54) is 19.3 Å². The van der Waals surface area contributed by atoms with Crippen LogP contribution in [0.25, 0.3) is 0 Å². The van der Waals surface area contributed by atoms with Gasteiger partial charge < -0.3 is 10.5 Å². The van der Waals surface area contributed by atoms with E-state index in [1.807, 2.05) is 24.3 Å². The zero-order valence-corrected chi connectivity index (χ0v) is 11.7. The number of ether oxygens (including phenoxy) is 1. The number of hydrogen-bond acceptors (Lipinski definition) is 2. The molecule has 1 aromatic carbocycles. The first-order chi connectivity index (χ1) is 8.72. The molecule has 0 aromatic heterocycles. The molecule has 0 aliphatic heterocycles. The Labute approximate surface area is 114 Å². The van der Waals surface area contributed by atoms with Crippen molar-refractivity contribution < 1.29 is 4.74 Å². The Morgan fingerprint density at radius 2 is 2.00 bits per heavy atom. The second-order valence-corrected chi connectivity index (χ2v) is 5.63. The summed E-state index contributed by atoms with van der Waals surface area (Å²) in [5.74, 6) is 2.17. The van der Waals surface area contributed by atoms with Crippen LogP contribution in [-0.2, 0) is 0 Å². The first-order valence-electron chi connectivity index (χ1n) is 6.85. The molecule has 0 radical (unpaired) electrons. The van der Waals surface area contributed by atoms with Crippen LogP contribution >= 0.6 is 11.6 Å². The molecule has 1 saturated carbocycles. The monoisotopic (exact) mass is 267 g/mol. The smallest absolute Gasteiger partial charge is 0.119 e. The van der Waals surface area contributed by atoms with E-state index < -0.39 is 0 Å². The summed E-state index contributed by atoms with van der Waals surface area (Å²) >= 11 is 5.88. The van der Waals surface area contributed by atoms with Gasteiger partial charge in [-0.1, -0.05) is 24.9 Å². The maximum absolute atomic E-state index is 6.11. The maximum Gasteiger partial charge on any atom is 0.119 e. The van der Waals surface area contributed by atoms with Gasteiger partial charge in [-0.15, -0.1) is 0 Å². The number of nitrogens with two attached hydrogens (primary N) is 1. The van der Waals surface area contributed by atoms with E-state index in [4.69, 9.17) is 22.1 Å². The molecule has 2 rings (SSSR count). The molecule has 0 bridgehead atoms. The molecule has 3 heteroatoms. The summed E-state index contributed by atoms with van der Waals surface area (Å²) in [5, 5.41) is 0.743. The van der Waals surface area contributed by atoms with Gasteiger partial charge in [-0.3, -0.25) is 0 Å². The van der Waals surface area contributed by atoms with Crippen molar-refractivity contribution in [3.8, 4) is 5.75 Å². The molecular formula is C15H22ClNO. The van der Waals surface area contributed by atoms with Gasteiger partial charge in [0.1, 0.15) is 11.9 Å². The Morgan fingerprint density at radius 1 is 1.28 bits per heavy atom. The van der Waals surface area contributed by atoms with Crippen LogP contribution in [0.15, 0.2) is 24.3 Å². The van der Waals surface area contributed by atoms with Crippen LogP contribution in [0.5, 0.6) is 5.75 Å². The number of rotatable bonds is 4. The van der Waals surface area contributed by atoms with Crippen molar-refractivity contribution in [1.82, 2.24) is 0 Å². The largest absolute Gasteiger partial charge is 0.490 e. The van der Waals surface area contributed by atoms with Crippen molar-refractivity contribution in [3.63, 3.8) is 0 Å². The van der Waals surface area contributed by atoms with E-state index in [0.717, 1.165) is 23.1 Å². The molecule has 100 valence electrons. The van der Waals surface area contributed by atoms with Gasteiger partial charge >= 0.3 is 0 Å². The van der Waals surface area contributed by atoms with Crippen molar-refractivity contribution in [3.05, 3.63) is 29.3 Å². The Kier molecular flexibility index (Phi) is 4.90. The van der Waals surface area contributed by atoms with Crippen LogP contribution in [0.2, 0.25) is 5.02 Å². The third-order valence-electron chi connectivity index (χ3n) is 4.02. The average Bonchev–Trinajstić information content (AvgIpc) is 2.41. The van der Waals surface area contributed by atoms with Crippen LogP contribution < -0.4 is 10.5 Å². The molecule has 1 aromatic rings. The highest BCUT2D eigenvalue weighted by Crippen LogP contribution is 2.33. The molecule has 2 N–H and O–H groups in total. The van der Waals surface area contributed by atoms with Gasteiger partial charge in [0.2, 0.25) is 0 Å². The second kappa shape index (κ2) is 6.44. The molecule has 1 fully saturated rings. The molecular weight excluding hydrogens is 246 g/mol. The highest BCUT2D eigenvalue weighted by molar-refractivity contribution is 6.30. The zero-order chi connectivity index (χ0) is 13.0. The van der Waals surface area contributed by atoms with Gasteiger partial charge in [-0.2, -0.15) is 0 Å². The van der Waals surface area contributed by atoms with Crippen LogP contribution in [0.4, 0.5) is 0 Å². The fourth-order valence-corrected chi connectivity index (χ4v) is 2.87. The van der Waals surface area contributed by atoms with Crippen molar-refractivity contribution in [2.75, 3.05) is 6.54 Å². The summed E-state index contributed by atoms with van der Waals surface area (Å²) in [7, 11) is 0. The second-order valence-electron chi connectivity index (χ2n) is 5.19. The predicted octanol–water partition coefficient (Wildman–Crippen LogP) is 3.87. The first-order valence-corrected chi connectivity index (χ1v) is 7.23. The van der Waals surface area contributed by atoms with Gasteiger partial charge in [-0.05, 0) is 56.0 Å². The van der Waals surface area contributed by atoms with Crippen molar-refractivity contribution in [2.45, 2.75) is 38.7 Å². The average molecular weight is 268 g/mol. The summed E-state index contributed by atoms with van der Waals surface area (Å²) in [6, 6.07) is 7.61. The highest BCUT2D eigenvalue weighted by Gasteiger charge is 2.30. The molecule has 0 spiro atoms. The fourth-order valence-electron chi connectivity index (χ4n) is 2.75. The number of hydrogen-bond donors (Lipinski definition) is 1. The van der Waals surface area contributed by atoms with Gasteiger partial charge in [0.15, 0.2) is 0 Å². The number of benzene rings is 1. The van der Waals surface area contributed by atoms with Crippen molar-refractivity contribution in [2.24, 2.45) is 17.6 Å². The summed E-state index contributed by atoms with van der Waals surface area (Å²) in [6.07, 6.45) is 5.10. The lowest BCUT2D eigenvalue weighted by atomic mass is 9.78. The summed E-state index contributed by atoms with van der Waals surface area (Å²) < 4.78 is 6.11. The first kappa shape index (κ1) is 13.7. The normalized spacial score (nSPS) is 28.1. The lowest BCUT2D eigenvalue weighted by Crippen LogP contribution is -2.38. The van der Waals surface area contributed by atoms with E-state index in [0.29, 0.717) is 12.5 Å². The highest BCUT2D eigenvalue weighted by atomic mass is 35.5. The minimum atomic E-state index is 0.259.